The molecular weight excluding hydrogens is 486 g/mol. The van der Waals surface area contributed by atoms with Gasteiger partial charge in [-0.2, -0.15) is 0 Å². The normalized spacial score (nSPS) is 56.2. The Balaban J connectivity index is 1.40. The monoisotopic (exact) mass is 525 g/mol. The molecule has 0 amide bonds. The smallest absolute Gasteiger partial charge is 0.189 e. The molecule has 4 fully saturated rings. The maximum absolute atomic E-state index is 10.9. The number of aliphatic hydroxyl groups is 6. The van der Waals surface area contributed by atoms with Gasteiger partial charge in [-0.1, -0.05) is 0 Å². The van der Waals surface area contributed by atoms with Crippen LogP contribution in [0.3, 0.4) is 0 Å². The molecule has 16 nitrogen and oxygen atoms in total. The van der Waals surface area contributed by atoms with Gasteiger partial charge in [0.25, 0.3) is 0 Å². The van der Waals surface area contributed by atoms with Gasteiger partial charge in [0.2, 0.25) is 0 Å². The lowest BCUT2D eigenvalue weighted by Crippen LogP contribution is -2.70. The van der Waals surface area contributed by atoms with Crippen LogP contribution in [0.25, 0.3) is 0 Å². The zero-order valence-electron chi connectivity index (χ0n) is 19.5. The van der Waals surface area contributed by atoms with Crippen LogP contribution in [0, 0.1) is 0 Å². The molecule has 4 aliphatic rings. The van der Waals surface area contributed by atoms with E-state index in [0.717, 1.165) is 0 Å². The molecule has 0 aromatic rings. The summed E-state index contributed by atoms with van der Waals surface area (Å²) in [6.07, 6.45) is -14.3. The van der Waals surface area contributed by atoms with Gasteiger partial charge < -0.3 is 83.0 Å². The highest BCUT2D eigenvalue weighted by Crippen LogP contribution is 2.35. The molecule has 1 aliphatic carbocycles. The van der Waals surface area contributed by atoms with Gasteiger partial charge in [0.15, 0.2) is 18.9 Å². The number of nitrogens with two attached hydrogens (primary N) is 5. The Labute approximate surface area is 207 Å². The quantitative estimate of drug-likeness (QED) is 0.159. The van der Waals surface area contributed by atoms with Crippen molar-refractivity contribution in [1.82, 2.24) is 0 Å². The number of hydrogen-bond acceptors (Lipinski definition) is 16. The summed E-state index contributed by atoms with van der Waals surface area (Å²) in [7, 11) is 0. The van der Waals surface area contributed by atoms with Gasteiger partial charge in [0.1, 0.15) is 42.7 Å². The summed E-state index contributed by atoms with van der Waals surface area (Å²) < 4.78 is 28.7. The molecule has 36 heavy (non-hydrogen) atoms. The van der Waals surface area contributed by atoms with Crippen LogP contribution in [0.4, 0.5) is 0 Å². The Hall–Kier alpha value is -0.640. The van der Waals surface area contributed by atoms with E-state index in [1.807, 2.05) is 0 Å². The number of aliphatic hydroxyl groups excluding tert-OH is 6. The fourth-order valence-corrected chi connectivity index (χ4v) is 5.18. The van der Waals surface area contributed by atoms with Crippen molar-refractivity contribution in [2.24, 2.45) is 28.7 Å². The fourth-order valence-electron chi connectivity index (χ4n) is 5.18. The zero-order chi connectivity index (χ0) is 26.5. The van der Waals surface area contributed by atoms with Crippen LogP contribution in [-0.2, 0) is 23.7 Å². The van der Waals surface area contributed by atoms with E-state index in [1.54, 1.807) is 0 Å². The van der Waals surface area contributed by atoms with Crippen LogP contribution in [0.5, 0.6) is 0 Å². The van der Waals surface area contributed by atoms with Crippen LogP contribution >= 0.6 is 0 Å². The number of ether oxygens (including phenoxy) is 5. The predicted octanol–water partition coefficient (Wildman–Crippen LogP) is -7.21. The standard InChI is InChI=1S/C20H39N5O11/c21-4-1-5(22)16(14(30)11(4)27)34-18-6(23)2-7-17(35-18)13(29)10(25)19(32-7)36-20-15(31)12(28)9(24)8(3-26)33-20/h4-20,26-31H,1-3,21-25H2/t4-,5?,6?,7+,8?,9-,10?,11?,12?,13?,14-,15?,16-,17?,18+,19?,20-/m1/s1. The Morgan fingerprint density at radius 3 is 1.97 bits per heavy atom. The molecule has 0 spiro atoms. The van der Waals surface area contributed by atoms with E-state index < -0.39 is 111 Å². The SMILES string of the molecule is NC1C(O[C@H]2OC(CO)[C@@H](N)C(O)C2O)O[C@H]2CC(N)[C@@H](O[C@@H]3C(N)C[C@@H](N)C(O)[C@H]3O)OC2C1O. The summed E-state index contributed by atoms with van der Waals surface area (Å²) in [4.78, 5) is 0. The Morgan fingerprint density at radius 1 is 0.611 bits per heavy atom. The minimum Gasteiger partial charge on any atom is -0.394 e. The maximum Gasteiger partial charge on any atom is 0.189 e. The van der Waals surface area contributed by atoms with Crippen molar-refractivity contribution in [3.8, 4) is 0 Å². The van der Waals surface area contributed by atoms with E-state index in [4.69, 9.17) is 52.4 Å². The third kappa shape index (κ3) is 5.28. The van der Waals surface area contributed by atoms with Crippen molar-refractivity contribution in [3.05, 3.63) is 0 Å². The van der Waals surface area contributed by atoms with E-state index in [9.17, 15) is 30.6 Å². The molecular formula is C20H39N5O11. The van der Waals surface area contributed by atoms with Gasteiger partial charge in [-0.05, 0) is 12.8 Å². The van der Waals surface area contributed by atoms with Crippen molar-refractivity contribution < 1.29 is 54.3 Å². The number of hydrogen-bond donors (Lipinski definition) is 11. The molecule has 4 rings (SSSR count). The first-order valence-electron chi connectivity index (χ1n) is 12.0. The van der Waals surface area contributed by atoms with Crippen LogP contribution in [-0.4, -0.2) is 141 Å². The number of rotatable bonds is 5. The predicted molar refractivity (Wildman–Crippen MR) is 118 cm³/mol. The average Bonchev–Trinajstić information content (AvgIpc) is 2.84. The van der Waals surface area contributed by atoms with Crippen molar-refractivity contribution in [2.45, 2.75) is 117 Å². The van der Waals surface area contributed by atoms with E-state index >= 15 is 0 Å². The van der Waals surface area contributed by atoms with E-state index in [2.05, 4.69) is 0 Å². The molecule has 3 saturated heterocycles. The van der Waals surface area contributed by atoms with E-state index in [0.29, 0.717) is 0 Å². The van der Waals surface area contributed by atoms with E-state index in [-0.39, 0.29) is 12.8 Å². The molecule has 0 aromatic heterocycles. The first kappa shape index (κ1) is 28.4. The molecule has 16 heteroatoms. The van der Waals surface area contributed by atoms with Gasteiger partial charge in [-0.15, -0.1) is 0 Å². The lowest BCUT2D eigenvalue weighted by atomic mass is 9.84. The molecule has 0 bridgehead atoms. The molecule has 3 aliphatic heterocycles. The van der Waals surface area contributed by atoms with Gasteiger partial charge in [0.05, 0.1) is 36.9 Å². The molecule has 16 N–H and O–H groups in total. The lowest BCUT2D eigenvalue weighted by Gasteiger charge is -2.50. The molecule has 210 valence electrons. The third-order valence-electron chi connectivity index (χ3n) is 7.46. The summed E-state index contributed by atoms with van der Waals surface area (Å²) in [5.74, 6) is 0. The Bertz CT molecular complexity index is 742. The van der Waals surface area contributed by atoms with Crippen molar-refractivity contribution in [2.75, 3.05) is 6.61 Å². The molecule has 1 saturated carbocycles. The zero-order valence-corrected chi connectivity index (χ0v) is 19.5. The Morgan fingerprint density at radius 2 is 1.31 bits per heavy atom. The highest BCUT2D eigenvalue weighted by atomic mass is 16.8. The summed E-state index contributed by atoms with van der Waals surface area (Å²) >= 11 is 0. The highest BCUT2D eigenvalue weighted by Gasteiger charge is 2.53. The molecule has 17 atom stereocenters. The minimum atomic E-state index is -1.56. The topological polar surface area (TPSA) is 298 Å². The highest BCUT2D eigenvalue weighted by molar-refractivity contribution is 5.01. The van der Waals surface area contributed by atoms with Gasteiger partial charge in [-0.3, -0.25) is 0 Å². The first-order chi connectivity index (χ1) is 16.9. The molecule has 10 unspecified atom stereocenters. The molecule has 0 aromatic carbocycles. The summed E-state index contributed by atoms with van der Waals surface area (Å²) in [5, 5.41) is 61.3. The third-order valence-corrected chi connectivity index (χ3v) is 7.46. The van der Waals surface area contributed by atoms with Crippen LogP contribution in [0.1, 0.15) is 12.8 Å². The average molecular weight is 526 g/mol. The minimum absolute atomic E-state index is 0.125. The first-order valence-corrected chi connectivity index (χ1v) is 12.0. The second-order valence-corrected chi connectivity index (χ2v) is 10.0. The van der Waals surface area contributed by atoms with Crippen molar-refractivity contribution >= 4 is 0 Å². The van der Waals surface area contributed by atoms with Crippen LogP contribution in [0.2, 0.25) is 0 Å². The number of fused-ring (bicyclic) bond motifs is 1. The lowest BCUT2D eigenvalue weighted by molar-refractivity contribution is -0.371. The van der Waals surface area contributed by atoms with Crippen molar-refractivity contribution in [3.63, 3.8) is 0 Å². The van der Waals surface area contributed by atoms with Gasteiger partial charge >= 0.3 is 0 Å². The molecule has 3 heterocycles. The van der Waals surface area contributed by atoms with Crippen molar-refractivity contribution in [1.29, 1.82) is 0 Å². The second-order valence-electron chi connectivity index (χ2n) is 10.0. The van der Waals surface area contributed by atoms with Gasteiger partial charge in [0, 0.05) is 12.1 Å². The fraction of sp³-hybridized carbons (Fsp3) is 1.00. The van der Waals surface area contributed by atoms with Crippen LogP contribution in [0.15, 0.2) is 0 Å². The summed E-state index contributed by atoms with van der Waals surface area (Å²) in [5.41, 5.74) is 30.0. The Kier molecular flexibility index (Phi) is 8.85. The molecule has 0 radical (unpaired) electrons. The van der Waals surface area contributed by atoms with Gasteiger partial charge in [-0.25, -0.2) is 0 Å². The van der Waals surface area contributed by atoms with Crippen LogP contribution < -0.4 is 28.7 Å². The largest absolute Gasteiger partial charge is 0.394 e. The second kappa shape index (κ2) is 11.2. The van der Waals surface area contributed by atoms with E-state index in [1.165, 1.54) is 0 Å². The maximum atomic E-state index is 10.9. The summed E-state index contributed by atoms with van der Waals surface area (Å²) in [6.45, 7) is -0.526. The summed E-state index contributed by atoms with van der Waals surface area (Å²) in [6, 6.07) is -4.40.